The minimum absolute atomic E-state index is 0.0757. The van der Waals surface area contributed by atoms with Crippen molar-refractivity contribution in [3.05, 3.63) is 30.1 Å². The van der Waals surface area contributed by atoms with Gasteiger partial charge in [0.1, 0.15) is 0 Å². The van der Waals surface area contributed by atoms with E-state index < -0.39 is 0 Å². The third kappa shape index (κ3) is 2.64. The molecule has 1 saturated heterocycles. The summed E-state index contributed by atoms with van der Waals surface area (Å²) in [7, 11) is 0. The standard InChI is InChI=1S/C13H19N3O/c1-13(2)10-15-7-4-8-16(13)12(17)11-5-3-6-14-9-11/h3,5-6,9,15H,4,7-8,10H2,1-2H3. The Morgan fingerprint density at radius 3 is 3.06 bits per heavy atom. The molecule has 0 unspecified atom stereocenters. The fourth-order valence-corrected chi connectivity index (χ4v) is 2.18. The van der Waals surface area contributed by atoms with Crippen LogP contribution in [0.15, 0.2) is 24.5 Å². The maximum atomic E-state index is 12.4. The van der Waals surface area contributed by atoms with Gasteiger partial charge < -0.3 is 10.2 Å². The van der Waals surface area contributed by atoms with E-state index in [1.165, 1.54) is 0 Å². The van der Waals surface area contributed by atoms with Gasteiger partial charge in [0.15, 0.2) is 0 Å². The van der Waals surface area contributed by atoms with Crippen LogP contribution in [0.4, 0.5) is 0 Å². The van der Waals surface area contributed by atoms with E-state index in [9.17, 15) is 4.79 Å². The van der Waals surface area contributed by atoms with Crippen LogP contribution in [0.5, 0.6) is 0 Å². The Hall–Kier alpha value is -1.42. The van der Waals surface area contributed by atoms with Crippen LogP contribution in [0.25, 0.3) is 0 Å². The van der Waals surface area contributed by atoms with Crippen LogP contribution in [0.2, 0.25) is 0 Å². The first-order valence-corrected chi connectivity index (χ1v) is 6.04. The first-order valence-electron chi connectivity index (χ1n) is 6.04. The molecule has 0 saturated carbocycles. The first-order chi connectivity index (χ1) is 8.11. The molecule has 0 bridgehead atoms. The predicted molar refractivity (Wildman–Crippen MR) is 66.8 cm³/mol. The van der Waals surface area contributed by atoms with Gasteiger partial charge in [-0.15, -0.1) is 0 Å². The van der Waals surface area contributed by atoms with E-state index in [2.05, 4.69) is 24.1 Å². The SMILES string of the molecule is CC1(C)CNCCCN1C(=O)c1cccnc1. The summed E-state index contributed by atoms with van der Waals surface area (Å²) in [6, 6.07) is 3.63. The van der Waals surface area contributed by atoms with E-state index in [-0.39, 0.29) is 11.4 Å². The summed E-state index contributed by atoms with van der Waals surface area (Å²) < 4.78 is 0. The summed E-state index contributed by atoms with van der Waals surface area (Å²) in [6.07, 6.45) is 4.32. The molecule has 0 atom stereocenters. The quantitative estimate of drug-likeness (QED) is 0.795. The number of carbonyl (C=O) groups excluding carboxylic acids is 1. The van der Waals surface area contributed by atoms with Gasteiger partial charge in [-0.2, -0.15) is 0 Å². The van der Waals surface area contributed by atoms with Crippen molar-refractivity contribution in [1.29, 1.82) is 0 Å². The number of nitrogens with one attached hydrogen (secondary N) is 1. The lowest BCUT2D eigenvalue weighted by molar-refractivity contribution is 0.0578. The highest BCUT2D eigenvalue weighted by Crippen LogP contribution is 2.19. The summed E-state index contributed by atoms with van der Waals surface area (Å²) >= 11 is 0. The average molecular weight is 233 g/mol. The molecule has 0 aromatic carbocycles. The van der Waals surface area contributed by atoms with Gasteiger partial charge in [0.05, 0.1) is 5.56 Å². The zero-order valence-corrected chi connectivity index (χ0v) is 10.4. The van der Waals surface area contributed by atoms with Gasteiger partial charge in [-0.1, -0.05) is 0 Å². The Labute approximate surface area is 102 Å². The highest BCUT2D eigenvalue weighted by atomic mass is 16.2. The zero-order valence-electron chi connectivity index (χ0n) is 10.4. The Morgan fingerprint density at radius 1 is 1.53 bits per heavy atom. The largest absolute Gasteiger partial charge is 0.332 e. The Bertz CT molecular complexity index is 389. The minimum atomic E-state index is -0.149. The van der Waals surface area contributed by atoms with Crippen molar-refractivity contribution in [2.75, 3.05) is 19.6 Å². The molecule has 1 N–H and O–H groups in total. The zero-order chi connectivity index (χ0) is 12.3. The van der Waals surface area contributed by atoms with E-state index in [1.54, 1.807) is 18.5 Å². The molecule has 1 aromatic heterocycles. The topological polar surface area (TPSA) is 45.2 Å². The van der Waals surface area contributed by atoms with Crippen LogP contribution < -0.4 is 5.32 Å². The van der Waals surface area contributed by atoms with Crippen LogP contribution in [-0.4, -0.2) is 41.0 Å². The summed E-state index contributed by atoms with van der Waals surface area (Å²) in [6.45, 7) is 6.80. The van der Waals surface area contributed by atoms with Gasteiger partial charge in [-0.25, -0.2) is 0 Å². The maximum absolute atomic E-state index is 12.4. The predicted octanol–water partition coefficient (Wildman–Crippen LogP) is 1.30. The average Bonchev–Trinajstić information content (AvgIpc) is 2.50. The summed E-state index contributed by atoms with van der Waals surface area (Å²) in [4.78, 5) is 18.4. The van der Waals surface area contributed by atoms with E-state index in [0.29, 0.717) is 5.56 Å². The molecule has 92 valence electrons. The van der Waals surface area contributed by atoms with Gasteiger partial charge in [0.2, 0.25) is 0 Å². The van der Waals surface area contributed by atoms with Gasteiger partial charge in [0.25, 0.3) is 5.91 Å². The van der Waals surface area contributed by atoms with Crippen molar-refractivity contribution >= 4 is 5.91 Å². The lowest BCUT2D eigenvalue weighted by Gasteiger charge is -2.37. The van der Waals surface area contributed by atoms with Crippen molar-refractivity contribution in [2.24, 2.45) is 0 Å². The molecular weight excluding hydrogens is 214 g/mol. The molecule has 2 rings (SSSR count). The summed E-state index contributed by atoms with van der Waals surface area (Å²) in [5.41, 5.74) is 0.520. The molecule has 0 spiro atoms. The van der Waals surface area contributed by atoms with Crippen LogP contribution in [0.1, 0.15) is 30.6 Å². The second-order valence-electron chi connectivity index (χ2n) is 5.04. The van der Waals surface area contributed by atoms with E-state index in [4.69, 9.17) is 0 Å². The number of aromatic nitrogens is 1. The van der Waals surface area contributed by atoms with E-state index in [0.717, 1.165) is 26.1 Å². The van der Waals surface area contributed by atoms with Gasteiger partial charge >= 0.3 is 0 Å². The summed E-state index contributed by atoms with van der Waals surface area (Å²) in [5.74, 6) is 0.0757. The fraction of sp³-hybridized carbons (Fsp3) is 0.538. The molecule has 0 radical (unpaired) electrons. The molecule has 1 aromatic rings. The molecule has 4 nitrogen and oxygen atoms in total. The van der Waals surface area contributed by atoms with Crippen LogP contribution in [-0.2, 0) is 0 Å². The van der Waals surface area contributed by atoms with Crippen molar-refractivity contribution in [3.63, 3.8) is 0 Å². The van der Waals surface area contributed by atoms with Crippen molar-refractivity contribution in [2.45, 2.75) is 25.8 Å². The van der Waals surface area contributed by atoms with Crippen LogP contribution in [0.3, 0.4) is 0 Å². The smallest absolute Gasteiger partial charge is 0.255 e. The first kappa shape index (κ1) is 12.0. The maximum Gasteiger partial charge on any atom is 0.255 e. The number of pyridine rings is 1. The number of amides is 1. The van der Waals surface area contributed by atoms with Crippen LogP contribution in [0, 0.1) is 0 Å². The monoisotopic (exact) mass is 233 g/mol. The van der Waals surface area contributed by atoms with Gasteiger partial charge in [0, 0.05) is 31.0 Å². The molecule has 1 fully saturated rings. The molecule has 4 heteroatoms. The molecule has 0 aliphatic carbocycles. The number of rotatable bonds is 1. The number of carbonyl (C=O) groups is 1. The van der Waals surface area contributed by atoms with Crippen molar-refractivity contribution in [3.8, 4) is 0 Å². The molecule has 17 heavy (non-hydrogen) atoms. The van der Waals surface area contributed by atoms with E-state index >= 15 is 0 Å². The molecule has 1 amide bonds. The van der Waals surface area contributed by atoms with Crippen molar-refractivity contribution in [1.82, 2.24) is 15.2 Å². The Kier molecular flexibility index (Phi) is 3.43. The molecular formula is C13H19N3O. The lowest BCUT2D eigenvalue weighted by atomic mass is 10.0. The minimum Gasteiger partial charge on any atom is -0.332 e. The second-order valence-corrected chi connectivity index (χ2v) is 5.04. The third-order valence-electron chi connectivity index (χ3n) is 3.18. The summed E-state index contributed by atoms with van der Waals surface area (Å²) in [5, 5.41) is 3.36. The van der Waals surface area contributed by atoms with Gasteiger partial charge in [-0.05, 0) is 38.9 Å². The Morgan fingerprint density at radius 2 is 2.35 bits per heavy atom. The third-order valence-corrected chi connectivity index (χ3v) is 3.18. The second kappa shape index (κ2) is 4.84. The molecule has 1 aliphatic rings. The Balaban J connectivity index is 2.23. The molecule has 1 aliphatic heterocycles. The lowest BCUT2D eigenvalue weighted by Crippen LogP contribution is -2.51. The van der Waals surface area contributed by atoms with Gasteiger partial charge in [-0.3, -0.25) is 9.78 Å². The highest BCUT2D eigenvalue weighted by Gasteiger charge is 2.32. The normalized spacial score (nSPS) is 19.8. The van der Waals surface area contributed by atoms with E-state index in [1.807, 2.05) is 11.0 Å². The number of hydrogen-bond donors (Lipinski definition) is 1. The number of hydrogen-bond acceptors (Lipinski definition) is 3. The fourth-order valence-electron chi connectivity index (χ4n) is 2.18. The van der Waals surface area contributed by atoms with Crippen LogP contribution >= 0.6 is 0 Å². The highest BCUT2D eigenvalue weighted by molar-refractivity contribution is 5.94. The molecule has 2 heterocycles. The number of nitrogens with zero attached hydrogens (tertiary/aromatic N) is 2. The van der Waals surface area contributed by atoms with Crippen molar-refractivity contribution < 1.29 is 4.79 Å².